The molecule has 2 N–H and O–H groups in total. The first-order valence-corrected chi connectivity index (χ1v) is 10.6. The Balaban J connectivity index is 1.59. The predicted octanol–water partition coefficient (Wildman–Crippen LogP) is 5.99. The summed E-state index contributed by atoms with van der Waals surface area (Å²) < 4.78 is 5.15. The van der Waals surface area contributed by atoms with Crippen LogP contribution in [0.3, 0.4) is 0 Å². The summed E-state index contributed by atoms with van der Waals surface area (Å²) in [4.78, 5) is 25.5. The van der Waals surface area contributed by atoms with E-state index in [2.05, 4.69) is 10.6 Å². The van der Waals surface area contributed by atoms with Gasteiger partial charge in [0.15, 0.2) is 0 Å². The van der Waals surface area contributed by atoms with Crippen molar-refractivity contribution in [3.05, 3.63) is 82.3 Å². The molecule has 8 heteroatoms. The smallest absolute Gasteiger partial charge is 0.255 e. The van der Waals surface area contributed by atoms with Crippen molar-refractivity contribution < 1.29 is 14.3 Å². The number of hydrogen-bond donors (Lipinski definition) is 2. The van der Waals surface area contributed by atoms with Crippen molar-refractivity contribution in [3.8, 4) is 5.75 Å². The zero-order valence-corrected chi connectivity index (χ0v) is 18.3. The third-order valence-corrected chi connectivity index (χ3v) is 5.83. The van der Waals surface area contributed by atoms with Gasteiger partial charge in [-0.3, -0.25) is 9.59 Å². The number of thioether (sulfide) groups is 1. The molecule has 3 aromatic carbocycles. The number of halogens is 2. The van der Waals surface area contributed by atoms with Crippen molar-refractivity contribution in [3.63, 3.8) is 0 Å². The summed E-state index contributed by atoms with van der Waals surface area (Å²) in [5.41, 5.74) is 1.59. The van der Waals surface area contributed by atoms with E-state index in [4.69, 9.17) is 27.9 Å². The highest BCUT2D eigenvalue weighted by atomic mass is 35.5. The fraction of sp³-hybridized carbons (Fsp3) is 0.0909. The van der Waals surface area contributed by atoms with Gasteiger partial charge in [-0.15, -0.1) is 11.8 Å². The van der Waals surface area contributed by atoms with E-state index in [0.717, 1.165) is 4.90 Å². The number of hydrogen-bond acceptors (Lipinski definition) is 4. The number of anilines is 2. The second-order valence-electron chi connectivity index (χ2n) is 6.15. The SMILES string of the molecule is COc1cccc(C(=O)Nc2cccc(SCC(=O)Nc3cccc(Cl)c3Cl)c2)c1. The molecule has 0 aromatic heterocycles. The number of amides is 2. The van der Waals surface area contributed by atoms with Gasteiger partial charge in [-0.05, 0) is 48.5 Å². The topological polar surface area (TPSA) is 67.4 Å². The Labute approximate surface area is 188 Å². The van der Waals surface area contributed by atoms with Crippen LogP contribution in [0.2, 0.25) is 10.0 Å². The maximum Gasteiger partial charge on any atom is 0.255 e. The Morgan fingerprint density at radius 1 is 0.967 bits per heavy atom. The number of carbonyl (C=O) groups is 2. The van der Waals surface area contributed by atoms with Crippen LogP contribution in [0, 0.1) is 0 Å². The van der Waals surface area contributed by atoms with Crippen LogP contribution in [0.25, 0.3) is 0 Å². The number of benzene rings is 3. The van der Waals surface area contributed by atoms with Crippen LogP contribution in [-0.2, 0) is 4.79 Å². The van der Waals surface area contributed by atoms with Gasteiger partial charge in [-0.2, -0.15) is 0 Å². The molecule has 0 spiro atoms. The predicted molar refractivity (Wildman–Crippen MR) is 123 cm³/mol. The monoisotopic (exact) mass is 460 g/mol. The van der Waals surface area contributed by atoms with E-state index in [9.17, 15) is 9.59 Å². The van der Waals surface area contributed by atoms with E-state index < -0.39 is 0 Å². The molecule has 5 nitrogen and oxygen atoms in total. The van der Waals surface area contributed by atoms with Crippen molar-refractivity contribution >= 4 is 58.2 Å². The first-order chi connectivity index (χ1) is 14.5. The molecule has 0 saturated carbocycles. The van der Waals surface area contributed by atoms with Gasteiger partial charge in [-0.1, -0.05) is 41.4 Å². The summed E-state index contributed by atoms with van der Waals surface area (Å²) >= 11 is 13.4. The molecule has 0 radical (unpaired) electrons. The minimum Gasteiger partial charge on any atom is -0.497 e. The van der Waals surface area contributed by atoms with Gasteiger partial charge in [-0.25, -0.2) is 0 Å². The lowest BCUT2D eigenvalue weighted by Crippen LogP contribution is -2.14. The third-order valence-electron chi connectivity index (χ3n) is 4.02. The molecule has 0 fully saturated rings. The van der Waals surface area contributed by atoms with Crippen molar-refractivity contribution in [2.24, 2.45) is 0 Å². The Morgan fingerprint density at radius 2 is 1.73 bits per heavy atom. The Morgan fingerprint density at radius 3 is 2.53 bits per heavy atom. The molecule has 2 amide bonds. The highest BCUT2D eigenvalue weighted by Crippen LogP contribution is 2.30. The fourth-order valence-corrected chi connectivity index (χ4v) is 3.67. The molecule has 0 unspecified atom stereocenters. The Bertz CT molecular complexity index is 1080. The average Bonchev–Trinajstić information content (AvgIpc) is 2.76. The molecule has 0 aliphatic rings. The van der Waals surface area contributed by atoms with Crippen molar-refractivity contribution in [1.82, 2.24) is 0 Å². The van der Waals surface area contributed by atoms with Gasteiger partial charge in [0.1, 0.15) is 5.75 Å². The van der Waals surface area contributed by atoms with Crippen LogP contribution in [0.1, 0.15) is 10.4 Å². The zero-order chi connectivity index (χ0) is 21.5. The van der Waals surface area contributed by atoms with E-state index in [1.54, 1.807) is 55.6 Å². The van der Waals surface area contributed by atoms with Crippen LogP contribution in [0.15, 0.2) is 71.6 Å². The largest absolute Gasteiger partial charge is 0.497 e. The van der Waals surface area contributed by atoms with Crippen LogP contribution in [0.4, 0.5) is 11.4 Å². The molecule has 0 aliphatic carbocycles. The number of rotatable bonds is 7. The van der Waals surface area contributed by atoms with E-state index in [0.29, 0.717) is 32.7 Å². The van der Waals surface area contributed by atoms with Gasteiger partial charge >= 0.3 is 0 Å². The average molecular weight is 461 g/mol. The van der Waals surface area contributed by atoms with Crippen molar-refractivity contribution in [2.75, 3.05) is 23.5 Å². The van der Waals surface area contributed by atoms with E-state index in [1.807, 2.05) is 18.2 Å². The number of methoxy groups -OCH3 is 1. The van der Waals surface area contributed by atoms with Crippen LogP contribution < -0.4 is 15.4 Å². The standard InChI is InChI=1S/C22H18Cl2N2O3S/c1-29-16-7-2-5-14(11-16)22(28)25-15-6-3-8-17(12-15)30-13-20(27)26-19-10-4-9-18(23)21(19)24/h2-12H,13H2,1H3,(H,25,28)(H,26,27). The summed E-state index contributed by atoms with van der Waals surface area (Å²) in [5, 5.41) is 6.28. The number of nitrogens with one attached hydrogen (secondary N) is 2. The maximum atomic E-state index is 12.5. The van der Waals surface area contributed by atoms with Gasteiger partial charge in [0.05, 0.1) is 28.6 Å². The first kappa shape index (κ1) is 22.0. The highest BCUT2D eigenvalue weighted by Gasteiger charge is 2.10. The third kappa shape index (κ3) is 5.92. The molecule has 0 aliphatic heterocycles. The van der Waals surface area contributed by atoms with Crippen LogP contribution >= 0.6 is 35.0 Å². The summed E-state index contributed by atoms with van der Waals surface area (Å²) in [6, 6.07) is 19.2. The van der Waals surface area contributed by atoms with E-state index in [-0.39, 0.29) is 17.6 Å². The molecule has 3 aromatic rings. The second kappa shape index (κ2) is 10.4. The molecular formula is C22H18Cl2N2O3S. The lowest BCUT2D eigenvalue weighted by atomic mass is 10.2. The van der Waals surface area contributed by atoms with Crippen LogP contribution in [0.5, 0.6) is 5.75 Å². The van der Waals surface area contributed by atoms with Gasteiger partial charge in [0.2, 0.25) is 5.91 Å². The molecule has 30 heavy (non-hydrogen) atoms. The maximum absolute atomic E-state index is 12.5. The zero-order valence-electron chi connectivity index (χ0n) is 15.9. The lowest BCUT2D eigenvalue weighted by molar-refractivity contribution is -0.113. The molecule has 154 valence electrons. The highest BCUT2D eigenvalue weighted by molar-refractivity contribution is 8.00. The number of ether oxygens (including phenoxy) is 1. The molecule has 0 atom stereocenters. The fourth-order valence-electron chi connectivity index (χ4n) is 2.57. The molecule has 3 rings (SSSR count). The summed E-state index contributed by atoms with van der Waals surface area (Å²) in [6.07, 6.45) is 0. The van der Waals surface area contributed by atoms with E-state index in [1.165, 1.54) is 11.8 Å². The molecular weight excluding hydrogens is 443 g/mol. The van der Waals surface area contributed by atoms with Gasteiger partial charge < -0.3 is 15.4 Å². The minimum absolute atomic E-state index is 0.177. The van der Waals surface area contributed by atoms with Gasteiger partial charge in [0, 0.05) is 16.1 Å². The van der Waals surface area contributed by atoms with Gasteiger partial charge in [0.25, 0.3) is 5.91 Å². The van der Waals surface area contributed by atoms with E-state index >= 15 is 0 Å². The first-order valence-electron chi connectivity index (χ1n) is 8.88. The Hall–Kier alpha value is -2.67. The Kier molecular flexibility index (Phi) is 7.63. The summed E-state index contributed by atoms with van der Waals surface area (Å²) in [6.45, 7) is 0. The summed E-state index contributed by atoms with van der Waals surface area (Å²) in [7, 11) is 1.55. The number of carbonyl (C=O) groups excluding carboxylic acids is 2. The quantitative estimate of drug-likeness (QED) is 0.425. The normalized spacial score (nSPS) is 10.4. The summed E-state index contributed by atoms with van der Waals surface area (Å²) in [5.74, 6) is 0.327. The van der Waals surface area contributed by atoms with Crippen LogP contribution in [-0.4, -0.2) is 24.7 Å². The molecule has 0 heterocycles. The van der Waals surface area contributed by atoms with Crippen molar-refractivity contribution in [2.45, 2.75) is 4.90 Å². The van der Waals surface area contributed by atoms with Crippen molar-refractivity contribution in [1.29, 1.82) is 0 Å². The molecule has 0 bridgehead atoms. The minimum atomic E-state index is -0.246. The molecule has 0 saturated heterocycles. The second-order valence-corrected chi connectivity index (χ2v) is 7.99. The lowest BCUT2D eigenvalue weighted by Gasteiger charge is -2.10.